The van der Waals surface area contributed by atoms with Crippen molar-refractivity contribution in [3.05, 3.63) is 12.2 Å². The zero-order valence-electron chi connectivity index (χ0n) is 8.89. The van der Waals surface area contributed by atoms with Gasteiger partial charge in [0.25, 0.3) is 0 Å². The number of carbonyl (C=O) groups is 1. The maximum absolute atomic E-state index is 10.8. The second-order valence-electron chi connectivity index (χ2n) is 3.84. The van der Waals surface area contributed by atoms with Crippen LogP contribution in [-0.2, 0) is 9.53 Å². The fourth-order valence-electron chi connectivity index (χ4n) is 0.762. The predicted octanol–water partition coefficient (Wildman–Crippen LogP) is 1.49. The van der Waals surface area contributed by atoms with E-state index in [0.717, 1.165) is 0 Å². The molecule has 0 spiro atoms. The van der Waals surface area contributed by atoms with Crippen LogP contribution in [0, 0.1) is 0 Å². The van der Waals surface area contributed by atoms with Gasteiger partial charge in [0.05, 0.1) is 0 Å². The number of rotatable bonds is 4. The summed E-state index contributed by atoms with van der Waals surface area (Å²) in [4.78, 5) is 10.8. The van der Waals surface area contributed by atoms with Gasteiger partial charge in [-0.2, -0.15) is 0 Å². The molecule has 0 aliphatic rings. The third kappa shape index (κ3) is 9.08. The zero-order valence-corrected chi connectivity index (χ0v) is 8.89. The molecule has 0 heterocycles. The fraction of sp³-hybridized carbons (Fsp3) is 0.700. The SMILES string of the molecule is CC=CC(=O)OCCNC(C)(C)C. The Bertz CT molecular complexity index is 180. The largest absolute Gasteiger partial charge is 0.461 e. The van der Waals surface area contributed by atoms with Gasteiger partial charge in [-0.1, -0.05) is 6.08 Å². The molecule has 3 heteroatoms. The second-order valence-corrected chi connectivity index (χ2v) is 3.84. The van der Waals surface area contributed by atoms with Crippen LogP contribution in [0.5, 0.6) is 0 Å². The average Bonchev–Trinajstić information content (AvgIpc) is 1.97. The molecule has 0 fully saturated rings. The Morgan fingerprint density at radius 1 is 1.46 bits per heavy atom. The summed E-state index contributed by atoms with van der Waals surface area (Å²) in [5.74, 6) is -0.279. The molecule has 0 aromatic rings. The van der Waals surface area contributed by atoms with E-state index >= 15 is 0 Å². The summed E-state index contributed by atoms with van der Waals surface area (Å²) in [6, 6.07) is 0. The summed E-state index contributed by atoms with van der Waals surface area (Å²) >= 11 is 0. The summed E-state index contributed by atoms with van der Waals surface area (Å²) in [5.41, 5.74) is 0.0764. The van der Waals surface area contributed by atoms with Crippen LogP contribution in [0.15, 0.2) is 12.2 Å². The van der Waals surface area contributed by atoms with Gasteiger partial charge in [-0.05, 0) is 27.7 Å². The average molecular weight is 185 g/mol. The Morgan fingerprint density at radius 3 is 2.54 bits per heavy atom. The van der Waals surface area contributed by atoms with E-state index < -0.39 is 0 Å². The number of nitrogens with one attached hydrogen (secondary N) is 1. The van der Waals surface area contributed by atoms with E-state index in [4.69, 9.17) is 4.74 Å². The first-order chi connectivity index (χ1) is 5.95. The van der Waals surface area contributed by atoms with Crippen LogP contribution in [0.4, 0.5) is 0 Å². The Hall–Kier alpha value is -0.830. The summed E-state index contributed by atoms with van der Waals surface area (Å²) < 4.78 is 4.89. The number of hydrogen-bond donors (Lipinski definition) is 1. The highest BCUT2D eigenvalue weighted by Gasteiger charge is 2.07. The van der Waals surface area contributed by atoms with Crippen molar-refractivity contribution in [1.29, 1.82) is 0 Å². The quantitative estimate of drug-likeness (QED) is 0.410. The Balaban J connectivity index is 3.41. The fourth-order valence-corrected chi connectivity index (χ4v) is 0.762. The highest BCUT2D eigenvalue weighted by atomic mass is 16.5. The predicted molar refractivity (Wildman–Crippen MR) is 53.5 cm³/mol. The van der Waals surface area contributed by atoms with E-state index in [9.17, 15) is 4.79 Å². The molecule has 0 aliphatic heterocycles. The van der Waals surface area contributed by atoms with E-state index in [2.05, 4.69) is 26.1 Å². The maximum Gasteiger partial charge on any atom is 0.330 e. The topological polar surface area (TPSA) is 38.3 Å². The van der Waals surface area contributed by atoms with Crippen molar-refractivity contribution in [1.82, 2.24) is 5.32 Å². The summed E-state index contributed by atoms with van der Waals surface area (Å²) in [6.45, 7) is 9.10. The van der Waals surface area contributed by atoms with Crippen LogP contribution in [0.2, 0.25) is 0 Å². The van der Waals surface area contributed by atoms with Crippen LogP contribution in [-0.4, -0.2) is 24.7 Å². The molecule has 0 bridgehead atoms. The molecule has 76 valence electrons. The molecule has 0 unspecified atom stereocenters. The molecule has 0 aromatic carbocycles. The van der Waals surface area contributed by atoms with E-state index in [1.807, 2.05) is 0 Å². The van der Waals surface area contributed by atoms with Crippen LogP contribution in [0.1, 0.15) is 27.7 Å². The van der Waals surface area contributed by atoms with Crippen LogP contribution < -0.4 is 5.32 Å². The molecule has 0 rings (SSSR count). The number of hydrogen-bond acceptors (Lipinski definition) is 3. The van der Waals surface area contributed by atoms with Gasteiger partial charge in [0.1, 0.15) is 6.61 Å². The smallest absolute Gasteiger partial charge is 0.330 e. The zero-order chi connectivity index (χ0) is 10.3. The van der Waals surface area contributed by atoms with E-state index in [1.54, 1.807) is 13.0 Å². The molecule has 0 saturated heterocycles. The normalized spacial score (nSPS) is 12.0. The van der Waals surface area contributed by atoms with Crippen molar-refractivity contribution in [3.63, 3.8) is 0 Å². The highest BCUT2D eigenvalue weighted by molar-refractivity contribution is 5.81. The van der Waals surface area contributed by atoms with Gasteiger partial charge >= 0.3 is 5.97 Å². The Kier molecular flexibility index (Phi) is 5.39. The molecule has 0 aliphatic carbocycles. The summed E-state index contributed by atoms with van der Waals surface area (Å²) in [7, 11) is 0. The number of carbonyl (C=O) groups excluding carboxylic acids is 1. The number of ether oxygens (including phenoxy) is 1. The molecule has 0 amide bonds. The van der Waals surface area contributed by atoms with Gasteiger partial charge in [-0.3, -0.25) is 0 Å². The van der Waals surface area contributed by atoms with Crippen molar-refractivity contribution < 1.29 is 9.53 Å². The van der Waals surface area contributed by atoms with Crippen LogP contribution in [0.3, 0.4) is 0 Å². The van der Waals surface area contributed by atoms with Crippen molar-refractivity contribution in [2.24, 2.45) is 0 Å². The van der Waals surface area contributed by atoms with Gasteiger partial charge in [-0.15, -0.1) is 0 Å². The first-order valence-corrected chi connectivity index (χ1v) is 4.50. The molecule has 13 heavy (non-hydrogen) atoms. The van der Waals surface area contributed by atoms with Crippen molar-refractivity contribution in [2.45, 2.75) is 33.2 Å². The first kappa shape index (κ1) is 12.2. The Labute approximate surface area is 80.2 Å². The summed E-state index contributed by atoms with van der Waals surface area (Å²) in [6.07, 6.45) is 3.08. The lowest BCUT2D eigenvalue weighted by molar-refractivity contribution is -0.137. The molecular weight excluding hydrogens is 166 g/mol. The van der Waals surface area contributed by atoms with Gasteiger partial charge < -0.3 is 10.1 Å². The van der Waals surface area contributed by atoms with E-state index in [-0.39, 0.29) is 11.5 Å². The van der Waals surface area contributed by atoms with Gasteiger partial charge in [0, 0.05) is 18.2 Å². The number of esters is 1. The van der Waals surface area contributed by atoms with Gasteiger partial charge in [0.2, 0.25) is 0 Å². The molecular formula is C10H19NO2. The molecule has 0 saturated carbocycles. The minimum Gasteiger partial charge on any atom is -0.461 e. The minimum absolute atomic E-state index is 0.0764. The van der Waals surface area contributed by atoms with Gasteiger partial charge in [0.15, 0.2) is 0 Å². The lowest BCUT2D eigenvalue weighted by Crippen LogP contribution is -2.38. The lowest BCUT2D eigenvalue weighted by atomic mass is 10.1. The van der Waals surface area contributed by atoms with Crippen LogP contribution >= 0.6 is 0 Å². The standard InChI is InChI=1S/C10H19NO2/c1-5-6-9(12)13-8-7-11-10(2,3)4/h5-6,11H,7-8H2,1-4H3. The second kappa shape index (κ2) is 5.75. The molecule has 1 N–H and O–H groups in total. The maximum atomic E-state index is 10.8. The van der Waals surface area contributed by atoms with Crippen molar-refractivity contribution in [2.75, 3.05) is 13.2 Å². The highest BCUT2D eigenvalue weighted by Crippen LogP contribution is 1.96. The molecule has 0 radical (unpaired) electrons. The van der Waals surface area contributed by atoms with Gasteiger partial charge in [-0.25, -0.2) is 4.79 Å². The van der Waals surface area contributed by atoms with Crippen molar-refractivity contribution in [3.8, 4) is 0 Å². The summed E-state index contributed by atoms with van der Waals surface area (Å²) in [5, 5.41) is 3.22. The third-order valence-electron chi connectivity index (χ3n) is 1.30. The van der Waals surface area contributed by atoms with Crippen LogP contribution in [0.25, 0.3) is 0 Å². The lowest BCUT2D eigenvalue weighted by Gasteiger charge is -2.19. The first-order valence-electron chi connectivity index (χ1n) is 4.50. The third-order valence-corrected chi connectivity index (χ3v) is 1.30. The molecule has 0 aromatic heterocycles. The molecule has 3 nitrogen and oxygen atoms in total. The Morgan fingerprint density at radius 2 is 2.08 bits per heavy atom. The minimum atomic E-state index is -0.279. The monoisotopic (exact) mass is 185 g/mol. The van der Waals surface area contributed by atoms with E-state index in [1.165, 1.54) is 6.08 Å². The van der Waals surface area contributed by atoms with E-state index in [0.29, 0.717) is 13.2 Å². The number of allylic oxidation sites excluding steroid dienone is 1. The van der Waals surface area contributed by atoms with Crippen molar-refractivity contribution >= 4 is 5.97 Å². The molecule has 0 atom stereocenters.